The van der Waals surface area contributed by atoms with Crippen molar-refractivity contribution >= 4 is 5.91 Å². The molecule has 0 radical (unpaired) electrons. The van der Waals surface area contributed by atoms with E-state index in [4.69, 9.17) is 19.5 Å². The second-order valence-corrected chi connectivity index (χ2v) is 6.28. The summed E-state index contributed by atoms with van der Waals surface area (Å²) < 4.78 is 16.4. The van der Waals surface area contributed by atoms with E-state index in [-0.39, 0.29) is 18.6 Å². The van der Waals surface area contributed by atoms with E-state index >= 15 is 0 Å². The average molecular weight is 366 g/mol. The van der Waals surface area contributed by atoms with Crippen LogP contribution in [0.4, 0.5) is 0 Å². The fourth-order valence-electron chi connectivity index (χ4n) is 3.37. The van der Waals surface area contributed by atoms with E-state index in [0.717, 1.165) is 18.4 Å². The van der Waals surface area contributed by atoms with Crippen LogP contribution in [0, 0.1) is 11.3 Å². The molecule has 1 aliphatic rings. The van der Waals surface area contributed by atoms with Gasteiger partial charge in [0.2, 0.25) is 0 Å². The molecule has 1 atom stereocenters. The Balaban J connectivity index is 1.72. The number of amides is 1. The zero-order chi connectivity index (χ0) is 19.2. The first-order valence-corrected chi connectivity index (χ1v) is 8.80. The number of hydrogen-bond donors (Lipinski definition) is 0. The molecule has 0 aliphatic carbocycles. The van der Waals surface area contributed by atoms with Crippen molar-refractivity contribution in [2.45, 2.75) is 18.9 Å². The largest absolute Gasteiger partial charge is 0.497 e. The summed E-state index contributed by atoms with van der Waals surface area (Å²) in [4.78, 5) is 14.6. The minimum atomic E-state index is -0.0854. The minimum Gasteiger partial charge on any atom is -0.497 e. The van der Waals surface area contributed by atoms with Gasteiger partial charge in [0, 0.05) is 18.2 Å². The Kier molecular flexibility index (Phi) is 5.82. The average Bonchev–Trinajstić information content (AvgIpc) is 3.21. The van der Waals surface area contributed by atoms with E-state index in [1.807, 2.05) is 23.1 Å². The quantitative estimate of drug-likeness (QED) is 0.784. The van der Waals surface area contributed by atoms with Gasteiger partial charge in [0.25, 0.3) is 5.91 Å². The maximum absolute atomic E-state index is 12.7. The molecule has 1 amide bonds. The second-order valence-electron chi connectivity index (χ2n) is 6.28. The molecular weight excluding hydrogens is 344 g/mol. The van der Waals surface area contributed by atoms with Gasteiger partial charge in [-0.2, -0.15) is 5.26 Å². The molecule has 6 heteroatoms. The molecule has 27 heavy (non-hydrogen) atoms. The molecule has 0 aromatic heterocycles. The number of carbonyl (C=O) groups excluding carboxylic acids is 1. The monoisotopic (exact) mass is 366 g/mol. The molecular formula is C21H22N2O4. The van der Waals surface area contributed by atoms with Crippen LogP contribution in [-0.4, -0.2) is 38.2 Å². The number of likely N-dealkylation sites (tertiary alicyclic amines) is 1. The summed E-state index contributed by atoms with van der Waals surface area (Å²) >= 11 is 0. The van der Waals surface area contributed by atoms with E-state index < -0.39 is 0 Å². The Labute approximate surface area is 158 Å². The number of nitriles is 1. The van der Waals surface area contributed by atoms with Gasteiger partial charge in [0.15, 0.2) is 6.61 Å². The first kappa shape index (κ1) is 18.6. The molecule has 2 aromatic rings. The second kappa shape index (κ2) is 8.45. The van der Waals surface area contributed by atoms with Crippen LogP contribution >= 0.6 is 0 Å². The third kappa shape index (κ3) is 4.14. The summed E-state index contributed by atoms with van der Waals surface area (Å²) in [5, 5.41) is 8.96. The lowest BCUT2D eigenvalue weighted by molar-refractivity contribution is -0.134. The van der Waals surface area contributed by atoms with Crippen LogP contribution in [-0.2, 0) is 4.79 Å². The zero-order valence-electron chi connectivity index (χ0n) is 15.5. The smallest absolute Gasteiger partial charge is 0.261 e. The predicted octanol–water partition coefficient (Wildman–Crippen LogP) is 3.32. The lowest BCUT2D eigenvalue weighted by Gasteiger charge is -2.26. The van der Waals surface area contributed by atoms with E-state index in [1.165, 1.54) is 0 Å². The molecule has 0 N–H and O–H groups in total. The maximum atomic E-state index is 12.7. The normalized spacial score (nSPS) is 15.9. The number of carbonyl (C=O) groups is 1. The summed E-state index contributed by atoms with van der Waals surface area (Å²) in [6.07, 6.45) is 1.80. The van der Waals surface area contributed by atoms with E-state index in [0.29, 0.717) is 29.4 Å². The zero-order valence-corrected chi connectivity index (χ0v) is 15.5. The Morgan fingerprint density at radius 1 is 1.19 bits per heavy atom. The molecule has 1 saturated heterocycles. The number of rotatable bonds is 6. The van der Waals surface area contributed by atoms with E-state index in [1.54, 1.807) is 38.5 Å². The highest BCUT2D eigenvalue weighted by Gasteiger charge is 2.32. The van der Waals surface area contributed by atoms with Crippen molar-refractivity contribution in [1.82, 2.24) is 4.90 Å². The van der Waals surface area contributed by atoms with Gasteiger partial charge in [-0.1, -0.05) is 6.07 Å². The Morgan fingerprint density at radius 3 is 2.78 bits per heavy atom. The Morgan fingerprint density at radius 2 is 2.04 bits per heavy atom. The third-order valence-electron chi connectivity index (χ3n) is 4.70. The molecule has 1 unspecified atom stereocenters. The molecule has 0 bridgehead atoms. The van der Waals surface area contributed by atoms with Crippen LogP contribution in [0.15, 0.2) is 42.5 Å². The Bertz CT molecular complexity index is 860. The molecule has 0 spiro atoms. The van der Waals surface area contributed by atoms with Gasteiger partial charge in [-0.25, -0.2) is 0 Å². The highest BCUT2D eigenvalue weighted by molar-refractivity contribution is 5.78. The van der Waals surface area contributed by atoms with Crippen LogP contribution in [0.25, 0.3) is 0 Å². The Hall–Kier alpha value is -3.20. The van der Waals surface area contributed by atoms with Crippen molar-refractivity contribution in [3.63, 3.8) is 0 Å². The highest BCUT2D eigenvalue weighted by atomic mass is 16.5. The predicted molar refractivity (Wildman–Crippen MR) is 99.9 cm³/mol. The third-order valence-corrected chi connectivity index (χ3v) is 4.70. The first-order valence-electron chi connectivity index (χ1n) is 8.80. The molecule has 6 nitrogen and oxygen atoms in total. The van der Waals surface area contributed by atoms with Gasteiger partial charge in [-0.15, -0.1) is 0 Å². The topological polar surface area (TPSA) is 71.8 Å². The van der Waals surface area contributed by atoms with Crippen molar-refractivity contribution in [2.75, 3.05) is 27.4 Å². The number of benzene rings is 2. The summed E-state index contributed by atoms with van der Waals surface area (Å²) in [5.41, 5.74) is 1.47. The van der Waals surface area contributed by atoms with Crippen LogP contribution in [0.3, 0.4) is 0 Å². The van der Waals surface area contributed by atoms with Gasteiger partial charge in [-0.3, -0.25) is 4.79 Å². The van der Waals surface area contributed by atoms with Crippen LogP contribution in [0.2, 0.25) is 0 Å². The maximum Gasteiger partial charge on any atom is 0.261 e. The molecule has 1 fully saturated rings. The van der Waals surface area contributed by atoms with Gasteiger partial charge in [0.1, 0.15) is 17.2 Å². The summed E-state index contributed by atoms with van der Waals surface area (Å²) in [6.45, 7) is 0.615. The molecule has 140 valence electrons. The molecule has 0 saturated carbocycles. The van der Waals surface area contributed by atoms with Crippen molar-refractivity contribution in [2.24, 2.45) is 0 Å². The van der Waals surface area contributed by atoms with Crippen molar-refractivity contribution in [1.29, 1.82) is 5.26 Å². The molecule has 2 aromatic carbocycles. The van der Waals surface area contributed by atoms with E-state index in [9.17, 15) is 4.79 Å². The van der Waals surface area contributed by atoms with Gasteiger partial charge in [-0.05, 0) is 43.2 Å². The lowest BCUT2D eigenvalue weighted by Crippen LogP contribution is -2.34. The van der Waals surface area contributed by atoms with Gasteiger partial charge < -0.3 is 19.1 Å². The summed E-state index contributed by atoms with van der Waals surface area (Å²) in [6, 6.07) is 14.5. The van der Waals surface area contributed by atoms with Crippen molar-refractivity contribution in [3.8, 4) is 23.3 Å². The van der Waals surface area contributed by atoms with Crippen LogP contribution in [0.5, 0.6) is 17.2 Å². The number of hydrogen-bond acceptors (Lipinski definition) is 5. The molecule has 1 heterocycles. The lowest BCUT2D eigenvalue weighted by atomic mass is 10.0. The van der Waals surface area contributed by atoms with Crippen molar-refractivity contribution < 1.29 is 19.0 Å². The highest BCUT2D eigenvalue weighted by Crippen LogP contribution is 2.38. The summed E-state index contributed by atoms with van der Waals surface area (Å²) in [5.74, 6) is 1.85. The van der Waals surface area contributed by atoms with Crippen LogP contribution < -0.4 is 14.2 Å². The number of methoxy groups -OCH3 is 2. The number of nitrogens with zero attached hydrogens (tertiary/aromatic N) is 2. The fourth-order valence-corrected chi connectivity index (χ4v) is 3.37. The first-order chi connectivity index (χ1) is 13.2. The molecule has 3 rings (SSSR count). The van der Waals surface area contributed by atoms with Crippen LogP contribution in [0.1, 0.15) is 30.0 Å². The summed E-state index contributed by atoms with van der Waals surface area (Å²) in [7, 11) is 3.23. The fraction of sp³-hybridized carbons (Fsp3) is 0.333. The van der Waals surface area contributed by atoms with Crippen molar-refractivity contribution in [3.05, 3.63) is 53.6 Å². The van der Waals surface area contributed by atoms with Gasteiger partial charge in [0.05, 0.1) is 31.9 Å². The SMILES string of the molecule is COc1ccc(C2CCCN2C(=O)COc2cccc(C#N)c2)c(OC)c1. The molecule has 1 aliphatic heterocycles. The van der Waals surface area contributed by atoms with Gasteiger partial charge >= 0.3 is 0 Å². The number of ether oxygens (including phenoxy) is 3. The minimum absolute atomic E-state index is 0.0487. The standard InChI is InChI=1S/C21H22N2O4/c1-25-16-8-9-18(20(12-16)26-2)19-7-4-10-23(19)21(24)14-27-17-6-3-5-15(11-17)13-22/h3,5-6,8-9,11-12,19H,4,7,10,14H2,1-2H3. The van der Waals surface area contributed by atoms with E-state index in [2.05, 4.69) is 6.07 Å².